The Morgan fingerprint density at radius 1 is 1.28 bits per heavy atom. The summed E-state index contributed by atoms with van der Waals surface area (Å²) >= 11 is 5.95. The molecular weight excluding hydrogens is 497 g/mol. The van der Waals surface area contributed by atoms with Crippen LogP contribution in [0.1, 0.15) is 41.7 Å². The van der Waals surface area contributed by atoms with E-state index < -0.39 is 50.4 Å². The topological polar surface area (TPSA) is 135 Å². The fraction of sp³-hybridized carbons (Fsp3) is 0.333. The number of ether oxygens (including phenoxy) is 1. The van der Waals surface area contributed by atoms with Gasteiger partial charge in [-0.15, -0.1) is 0 Å². The number of aromatic carboxylic acids is 1. The lowest BCUT2D eigenvalue weighted by molar-refractivity contribution is -0.385. The van der Waals surface area contributed by atoms with E-state index in [2.05, 4.69) is 0 Å². The van der Waals surface area contributed by atoms with Gasteiger partial charge in [-0.25, -0.2) is 4.79 Å². The van der Waals surface area contributed by atoms with Gasteiger partial charge in [-0.1, -0.05) is 23.7 Å². The molecule has 1 aromatic heterocycles. The van der Waals surface area contributed by atoms with Crippen LogP contribution in [0.25, 0.3) is 10.9 Å². The number of nitrogens with zero attached hydrogens (tertiary/aromatic N) is 3. The molecule has 36 heavy (non-hydrogen) atoms. The summed E-state index contributed by atoms with van der Waals surface area (Å²) in [6, 6.07) is 6.29. The van der Waals surface area contributed by atoms with Gasteiger partial charge in [0.1, 0.15) is 28.8 Å². The van der Waals surface area contributed by atoms with E-state index >= 15 is 4.39 Å². The molecule has 188 valence electrons. The molecule has 2 aliphatic heterocycles. The Morgan fingerprint density at radius 3 is 2.50 bits per heavy atom. The van der Waals surface area contributed by atoms with E-state index in [1.54, 1.807) is 36.1 Å². The van der Waals surface area contributed by atoms with Crippen LogP contribution in [0.5, 0.6) is 5.75 Å². The van der Waals surface area contributed by atoms with Crippen molar-refractivity contribution in [2.24, 2.45) is 0 Å². The number of pyridine rings is 1. The van der Waals surface area contributed by atoms with E-state index in [1.807, 2.05) is 0 Å². The van der Waals surface area contributed by atoms with Crippen LogP contribution in [0.4, 0.5) is 15.8 Å². The Hall–Kier alpha value is -3.70. The second kappa shape index (κ2) is 8.45. The number of carboxylic acids is 1. The van der Waals surface area contributed by atoms with E-state index in [-0.39, 0.29) is 49.5 Å². The largest absolute Gasteiger partial charge is 0.487 e. The number of rotatable bonds is 4. The first-order valence-corrected chi connectivity index (χ1v) is 11.6. The zero-order chi connectivity index (χ0) is 25.9. The van der Waals surface area contributed by atoms with Crippen molar-refractivity contribution in [3.8, 4) is 5.75 Å². The van der Waals surface area contributed by atoms with Gasteiger partial charge in [0, 0.05) is 24.3 Å². The number of benzene rings is 2. The SMILES string of the molecule is C[C@H]1COc2c(N3CCC(O)(c4ccc(Cl)cc4)CC3)c(F)c([N+](=O)[O-])c3c(=O)c(C(=O)O)cn1c23. The number of anilines is 1. The van der Waals surface area contributed by atoms with Crippen LogP contribution in [-0.4, -0.2) is 45.4 Å². The molecule has 5 rings (SSSR count). The summed E-state index contributed by atoms with van der Waals surface area (Å²) in [7, 11) is 0. The quantitative estimate of drug-likeness (QED) is 0.393. The van der Waals surface area contributed by atoms with Gasteiger partial charge in [0.05, 0.1) is 16.6 Å². The molecule has 10 nitrogen and oxygen atoms in total. The van der Waals surface area contributed by atoms with Crippen LogP contribution in [0.3, 0.4) is 0 Å². The molecule has 0 spiro atoms. The van der Waals surface area contributed by atoms with Gasteiger partial charge in [0.15, 0.2) is 5.75 Å². The van der Waals surface area contributed by atoms with Crippen molar-refractivity contribution in [3.63, 3.8) is 0 Å². The third-order valence-corrected chi connectivity index (χ3v) is 7.21. The smallest absolute Gasteiger partial charge is 0.341 e. The molecule has 0 amide bonds. The van der Waals surface area contributed by atoms with Crippen LogP contribution < -0.4 is 15.1 Å². The molecule has 3 heterocycles. The van der Waals surface area contributed by atoms with Gasteiger partial charge in [-0.2, -0.15) is 4.39 Å². The standard InChI is InChI=1S/C24H21ClFN3O7/c1-12-11-36-22-19-16(21(30)15(23(31)32)10-28(12)19)18(29(34)35)17(26)20(22)27-8-6-24(33,7-9-27)13-2-4-14(25)5-3-13/h2-5,10,12,33H,6-9,11H2,1H3,(H,31,32)/t12-/m0/s1. The first-order valence-electron chi connectivity index (χ1n) is 11.2. The minimum atomic E-state index is -1.57. The molecule has 2 N–H and O–H groups in total. The number of aromatic nitrogens is 1. The fourth-order valence-electron chi connectivity index (χ4n) is 5.04. The number of carboxylic acid groups (broad SMARTS) is 1. The number of halogens is 2. The summed E-state index contributed by atoms with van der Waals surface area (Å²) in [5.74, 6) is -2.90. The summed E-state index contributed by atoms with van der Waals surface area (Å²) in [6.07, 6.45) is 1.51. The zero-order valence-corrected chi connectivity index (χ0v) is 19.8. The van der Waals surface area contributed by atoms with Crippen LogP contribution in [0.15, 0.2) is 35.3 Å². The highest BCUT2D eigenvalue weighted by molar-refractivity contribution is 6.30. The number of nitro benzene ring substituents is 1. The molecule has 0 aliphatic carbocycles. The molecular formula is C24H21ClFN3O7. The molecule has 1 atom stereocenters. The Morgan fingerprint density at radius 2 is 1.92 bits per heavy atom. The van der Waals surface area contributed by atoms with Crippen molar-refractivity contribution in [1.82, 2.24) is 4.57 Å². The second-order valence-electron chi connectivity index (χ2n) is 9.09. The third kappa shape index (κ3) is 3.58. The lowest BCUT2D eigenvalue weighted by atomic mass is 9.84. The van der Waals surface area contributed by atoms with Gasteiger partial charge in [0.25, 0.3) is 0 Å². The number of hydrogen-bond acceptors (Lipinski definition) is 7. The zero-order valence-electron chi connectivity index (χ0n) is 19.0. The number of hydrogen-bond donors (Lipinski definition) is 2. The first-order chi connectivity index (χ1) is 17.0. The van der Waals surface area contributed by atoms with Crippen molar-refractivity contribution in [1.29, 1.82) is 0 Å². The highest BCUT2D eigenvalue weighted by Crippen LogP contribution is 2.48. The number of carbonyl (C=O) groups is 1. The predicted octanol–water partition coefficient (Wildman–Crippen LogP) is 3.84. The summed E-state index contributed by atoms with van der Waals surface area (Å²) in [6.45, 7) is 2.02. The number of piperidine rings is 1. The molecule has 0 radical (unpaired) electrons. The minimum absolute atomic E-state index is 0.0228. The van der Waals surface area contributed by atoms with E-state index in [0.717, 1.165) is 6.20 Å². The van der Waals surface area contributed by atoms with Crippen LogP contribution >= 0.6 is 11.6 Å². The van der Waals surface area contributed by atoms with Gasteiger partial charge >= 0.3 is 11.7 Å². The van der Waals surface area contributed by atoms with E-state index in [1.165, 1.54) is 4.57 Å². The summed E-state index contributed by atoms with van der Waals surface area (Å²) < 4.78 is 23.1. The Balaban J connectivity index is 1.68. The first kappa shape index (κ1) is 24.0. The maximum absolute atomic E-state index is 15.9. The van der Waals surface area contributed by atoms with Crippen LogP contribution in [0, 0.1) is 15.9 Å². The molecule has 1 saturated heterocycles. The van der Waals surface area contributed by atoms with E-state index in [0.29, 0.717) is 10.6 Å². The highest BCUT2D eigenvalue weighted by Gasteiger charge is 2.41. The molecule has 0 bridgehead atoms. The summed E-state index contributed by atoms with van der Waals surface area (Å²) in [4.78, 5) is 37.2. The van der Waals surface area contributed by atoms with E-state index in [9.17, 15) is 29.9 Å². The molecule has 3 aromatic rings. The van der Waals surface area contributed by atoms with Crippen LogP contribution in [0.2, 0.25) is 5.02 Å². The maximum Gasteiger partial charge on any atom is 0.341 e. The lowest BCUT2D eigenvalue weighted by Crippen LogP contribution is -2.43. The summed E-state index contributed by atoms with van der Waals surface area (Å²) in [5, 5.41) is 32.6. The van der Waals surface area contributed by atoms with Crippen molar-refractivity contribution < 1.29 is 29.1 Å². The van der Waals surface area contributed by atoms with Gasteiger partial charge in [0.2, 0.25) is 11.2 Å². The Labute approximate surface area is 208 Å². The summed E-state index contributed by atoms with van der Waals surface area (Å²) in [5.41, 5.74) is -3.70. The minimum Gasteiger partial charge on any atom is -0.487 e. The normalized spacial score (nSPS) is 18.7. The van der Waals surface area contributed by atoms with Gasteiger partial charge in [-0.3, -0.25) is 14.9 Å². The highest BCUT2D eigenvalue weighted by atomic mass is 35.5. The van der Waals surface area contributed by atoms with Gasteiger partial charge in [-0.05, 0) is 37.5 Å². The molecule has 0 unspecified atom stereocenters. The Bertz CT molecular complexity index is 1480. The Kier molecular flexibility index (Phi) is 5.64. The fourth-order valence-corrected chi connectivity index (χ4v) is 5.17. The molecule has 1 fully saturated rings. The lowest BCUT2D eigenvalue weighted by Gasteiger charge is -2.40. The monoisotopic (exact) mass is 517 g/mol. The maximum atomic E-state index is 15.9. The van der Waals surface area contributed by atoms with Crippen molar-refractivity contribution in [2.45, 2.75) is 31.4 Å². The predicted molar refractivity (Wildman–Crippen MR) is 129 cm³/mol. The molecule has 2 aromatic carbocycles. The number of aliphatic hydroxyl groups is 1. The van der Waals surface area contributed by atoms with Gasteiger partial charge < -0.3 is 24.4 Å². The third-order valence-electron chi connectivity index (χ3n) is 6.96. The van der Waals surface area contributed by atoms with Crippen molar-refractivity contribution >= 4 is 39.8 Å². The number of nitro groups is 1. The van der Waals surface area contributed by atoms with Crippen molar-refractivity contribution in [2.75, 3.05) is 24.6 Å². The molecule has 0 saturated carbocycles. The van der Waals surface area contributed by atoms with Crippen LogP contribution in [-0.2, 0) is 5.60 Å². The second-order valence-corrected chi connectivity index (χ2v) is 9.53. The van der Waals surface area contributed by atoms with Crippen molar-refractivity contribution in [3.05, 3.63) is 72.8 Å². The average molecular weight is 518 g/mol. The average Bonchev–Trinajstić information content (AvgIpc) is 2.83. The molecule has 12 heteroatoms. The molecule has 2 aliphatic rings. The van der Waals surface area contributed by atoms with E-state index in [4.69, 9.17) is 16.3 Å².